The summed E-state index contributed by atoms with van der Waals surface area (Å²) in [5, 5.41) is 9.56. The first kappa shape index (κ1) is 18.6. The highest BCUT2D eigenvalue weighted by molar-refractivity contribution is 6.30. The number of aryl methyl sites for hydroxylation is 1. The van der Waals surface area contributed by atoms with E-state index in [-0.39, 0.29) is 30.2 Å². The van der Waals surface area contributed by atoms with Crippen LogP contribution in [0.25, 0.3) is 22.4 Å². The summed E-state index contributed by atoms with van der Waals surface area (Å²) in [6, 6.07) is 18.1. The highest BCUT2D eigenvalue weighted by atomic mass is 35.5. The molecule has 0 saturated heterocycles. The average molecular weight is 404 g/mol. The fourth-order valence-corrected chi connectivity index (χ4v) is 2.95. The van der Waals surface area contributed by atoms with Crippen LogP contribution in [0.3, 0.4) is 0 Å². The van der Waals surface area contributed by atoms with Crippen molar-refractivity contribution in [3.63, 3.8) is 0 Å². The van der Waals surface area contributed by atoms with Crippen LogP contribution >= 0.6 is 11.6 Å². The van der Waals surface area contributed by atoms with Crippen molar-refractivity contribution >= 4 is 22.8 Å². The van der Waals surface area contributed by atoms with Crippen LogP contribution in [0.15, 0.2) is 65.6 Å². The number of nitriles is 1. The fourth-order valence-electron chi connectivity index (χ4n) is 2.83. The lowest BCUT2D eigenvalue weighted by Gasteiger charge is -2.11. The van der Waals surface area contributed by atoms with Gasteiger partial charge in [0.25, 0.3) is 5.56 Å². The summed E-state index contributed by atoms with van der Waals surface area (Å²) >= 11 is 5.94. The molecule has 29 heavy (non-hydrogen) atoms. The third-order valence-corrected chi connectivity index (χ3v) is 4.43. The molecule has 2 aromatic heterocycles. The molecule has 0 saturated carbocycles. The molecule has 2 heterocycles. The second-order valence-electron chi connectivity index (χ2n) is 6.11. The van der Waals surface area contributed by atoms with Gasteiger partial charge in [-0.05, 0) is 24.3 Å². The summed E-state index contributed by atoms with van der Waals surface area (Å²) in [5.74, 6) is 0.573. The van der Waals surface area contributed by atoms with Gasteiger partial charge < -0.3 is 4.74 Å². The zero-order chi connectivity index (χ0) is 20.2. The van der Waals surface area contributed by atoms with E-state index in [9.17, 15) is 4.79 Å². The van der Waals surface area contributed by atoms with E-state index in [2.05, 4.69) is 21.0 Å². The molecule has 0 fully saturated rings. The molecular formula is C21H14ClN5O2. The Hall–Kier alpha value is -3.76. The van der Waals surface area contributed by atoms with Crippen LogP contribution in [-0.2, 0) is 6.54 Å². The molecule has 0 aliphatic carbocycles. The molecule has 0 radical (unpaired) electrons. The van der Waals surface area contributed by atoms with Crippen LogP contribution in [0.2, 0.25) is 5.02 Å². The number of fused-ring (bicyclic) bond motifs is 1. The van der Waals surface area contributed by atoms with Crippen LogP contribution in [0.1, 0.15) is 6.42 Å². The van der Waals surface area contributed by atoms with Gasteiger partial charge in [-0.3, -0.25) is 9.36 Å². The second-order valence-corrected chi connectivity index (χ2v) is 6.55. The maximum Gasteiger partial charge on any atom is 0.324 e. The minimum atomic E-state index is -0.348. The van der Waals surface area contributed by atoms with Gasteiger partial charge >= 0.3 is 6.01 Å². The number of aromatic nitrogens is 4. The predicted octanol–water partition coefficient (Wildman–Crippen LogP) is 4.21. The van der Waals surface area contributed by atoms with E-state index in [1.54, 1.807) is 36.4 Å². The number of halogens is 1. The zero-order valence-electron chi connectivity index (χ0n) is 15.1. The van der Waals surface area contributed by atoms with Crippen molar-refractivity contribution in [3.8, 4) is 29.1 Å². The van der Waals surface area contributed by atoms with Gasteiger partial charge in [0, 0.05) is 17.1 Å². The lowest BCUT2D eigenvalue weighted by Crippen LogP contribution is -2.24. The maximum absolute atomic E-state index is 13.1. The van der Waals surface area contributed by atoms with Gasteiger partial charge in [0.15, 0.2) is 5.65 Å². The van der Waals surface area contributed by atoms with E-state index < -0.39 is 0 Å². The van der Waals surface area contributed by atoms with Crippen LogP contribution in [0.4, 0.5) is 0 Å². The molecule has 0 N–H and O–H groups in total. The normalized spacial score (nSPS) is 10.6. The van der Waals surface area contributed by atoms with E-state index in [1.165, 1.54) is 10.8 Å². The molecule has 0 aliphatic rings. The fraction of sp³-hybridized carbons (Fsp3) is 0.0952. The van der Waals surface area contributed by atoms with Crippen LogP contribution in [-0.4, -0.2) is 19.5 Å². The quantitative estimate of drug-likeness (QED) is 0.495. The Labute approximate surface area is 170 Å². The van der Waals surface area contributed by atoms with Crippen molar-refractivity contribution in [3.05, 3.63) is 76.2 Å². The summed E-state index contributed by atoms with van der Waals surface area (Å²) in [6.07, 6.45) is 1.65. The van der Waals surface area contributed by atoms with Gasteiger partial charge in [0.2, 0.25) is 0 Å². The SMILES string of the molecule is N#CCCn1c(=O)c(-c2ccc(Cl)cc2)nc2cnc(Oc3ccccc3)nc21. The molecule has 2 aromatic carbocycles. The molecule has 0 bridgehead atoms. The molecule has 142 valence electrons. The number of rotatable bonds is 5. The first-order valence-electron chi connectivity index (χ1n) is 8.79. The van der Waals surface area contributed by atoms with Gasteiger partial charge in [-0.15, -0.1) is 0 Å². The Balaban J connectivity index is 1.85. The standard InChI is InChI=1S/C21H14ClN5O2/c22-15-9-7-14(8-10-15)18-20(28)27(12-4-11-23)19-17(25-18)13-24-21(26-19)29-16-5-2-1-3-6-16/h1-3,5-10,13H,4,12H2. The molecule has 0 spiro atoms. The van der Waals surface area contributed by atoms with Gasteiger partial charge in [-0.25, -0.2) is 9.97 Å². The predicted molar refractivity (Wildman–Crippen MR) is 109 cm³/mol. The van der Waals surface area contributed by atoms with Crippen molar-refractivity contribution < 1.29 is 4.74 Å². The van der Waals surface area contributed by atoms with E-state index in [4.69, 9.17) is 21.6 Å². The third kappa shape index (κ3) is 3.93. The summed E-state index contributed by atoms with van der Waals surface area (Å²) in [4.78, 5) is 26.1. The van der Waals surface area contributed by atoms with E-state index in [0.29, 0.717) is 27.5 Å². The molecule has 0 amide bonds. The number of benzene rings is 2. The van der Waals surface area contributed by atoms with E-state index in [1.807, 2.05) is 18.2 Å². The summed E-state index contributed by atoms with van der Waals surface area (Å²) in [5.41, 5.74) is 1.25. The molecule has 0 unspecified atom stereocenters. The highest BCUT2D eigenvalue weighted by Crippen LogP contribution is 2.22. The first-order valence-corrected chi connectivity index (χ1v) is 9.17. The minimum absolute atomic E-state index is 0.0925. The van der Waals surface area contributed by atoms with Crippen molar-refractivity contribution in [2.24, 2.45) is 0 Å². The highest BCUT2D eigenvalue weighted by Gasteiger charge is 2.15. The number of ether oxygens (including phenoxy) is 1. The smallest absolute Gasteiger partial charge is 0.324 e. The van der Waals surface area contributed by atoms with Crippen LogP contribution in [0, 0.1) is 11.3 Å². The van der Waals surface area contributed by atoms with E-state index in [0.717, 1.165) is 0 Å². The Morgan fingerprint density at radius 2 is 1.83 bits per heavy atom. The van der Waals surface area contributed by atoms with Crippen molar-refractivity contribution in [1.29, 1.82) is 5.26 Å². The van der Waals surface area contributed by atoms with Gasteiger partial charge in [-0.2, -0.15) is 10.2 Å². The zero-order valence-corrected chi connectivity index (χ0v) is 15.9. The minimum Gasteiger partial charge on any atom is -0.424 e. The van der Waals surface area contributed by atoms with Gasteiger partial charge in [0.1, 0.15) is 17.0 Å². The van der Waals surface area contributed by atoms with Gasteiger partial charge in [-0.1, -0.05) is 41.9 Å². The average Bonchev–Trinajstić information content (AvgIpc) is 2.74. The number of para-hydroxylation sites is 1. The number of hydrogen-bond acceptors (Lipinski definition) is 6. The van der Waals surface area contributed by atoms with Crippen molar-refractivity contribution in [2.45, 2.75) is 13.0 Å². The third-order valence-electron chi connectivity index (χ3n) is 4.18. The number of hydrogen-bond donors (Lipinski definition) is 0. The molecule has 7 nitrogen and oxygen atoms in total. The van der Waals surface area contributed by atoms with Crippen LogP contribution in [0.5, 0.6) is 11.8 Å². The van der Waals surface area contributed by atoms with Crippen molar-refractivity contribution in [1.82, 2.24) is 19.5 Å². The molecule has 4 rings (SSSR count). The first-order chi connectivity index (χ1) is 14.2. The summed E-state index contributed by atoms with van der Waals surface area (Å²) in [7, 11) is 0. The van der Waals surface area contributed by atoms with Crippen molar-refractivity contribution in [2.75, 3.05) is 0 Å². The molecular weight excluding hydrogens is 390 g/mol. The number of nitrogens with zero attached hydrogens (tertiary/aromatic N) is 5. The molecule has 4 aromatic rings. The molecule has 8 heteroatoms. The summed E-state index contributed by atoms with van der Waals surface area (Å²) in [6.45, 7) is 0.177. The Morgan fingerprint density at radius 1 is 1.07 bits per heavy atom. The van der Waals surface area contributed by atoms with E-state index >= 15 is 0 Å². The second kappa shape index (κ2) is 8.09. The lowest BCUT2D eigenvalue weighted by atomic mass is 10.1. The molecule has 0 aliphatic heterocycles. The topological polar surface area (TPSA) is 93.7 Å². The maximum atomic E-state index is 13.1. The Kier molecular flexibility index (Phi) is 5.18. The molecule has 0 atom stereocenters. The lowest BCUT2D eigenvalue weighted by molar-refractivity contribution is 0.442. The monoisotopic (exact) mass is 403 g/mol. The Morgan fingerprint density at radius 3 is 2.55 bits per heavy atom. The summed E-state index contributed by atoms with van der Waals surface area (Å²) < 4.78 is 7.09. The largest absolute Gasteiger partial charge is 0.424 e. The van der Waals surface area contributed by atoms with Gasteiger partial charge in [0.05, 0.1) is 18.7 Å². The Bertz CT molecular complexity index is 1260. The van der Waals surface area contributed by atoms with Crippen LogP contribution < -0.4 is 10.3 Å².